The van der Waals surface area contributed by atoms with E-state index in [1.54, 1.807) is 27.7 Å². The summed E-state index contributed by atoms with van der Waals surface area (Å²) in [6, 6.07) is 0. The Balaban J connectivity index is 3.21. The van der Waals surface area contributed by atoms with E-state index >= 15 is 0 Å². The van der Waals surface area contributed by atoms with Gasteiger partial charge in [-0.05, 0) is 34.1 Å². The maximum absolute atomic E-state index is 11.3. The molecule has 8 nitrogen and oxygen atoms in total. The topological polar surface area (TPSA) is 113 Å². The van der Waals surface area contributed by atoms with Gasteiger partial charge in [0.2, 0.25) is 11.6 Å². The van der Waals surface area contributed by atoms with Crippen molar-refractivity contribution >= 4 is 17.3 Å². The fraction of sp³-hybridized carbons (Fsp3) is 0.692. The molecule has 1 heterocycles. The minimum atomic E-state index is -1.09. The molecule has 1 aromatic heterocycles. The van der Waals surface area contributed by atoms with E-state index in [0.29, 0.717) is 6.54 Å². The average Bonchev–Trinajstić information content (AvgIpc) is 2.34. The highest BCUT2D eigenvalue weighted by atomic mass is 16.6. The molecular formula is C13H23N5O3. The van der Waals surface area contributed by atoms with Crippen molar-refractivity contribution in [2.75, 3.05) is 17.2 Å². The van der Waals surface area contributed by atoms with Crippen LogP contribution in [0.5, 0.6) is 0 Å². The van der Waals surface area contributed by atoms with Crippen LogP contribution in [-0.2, 0) is 0 Å². The van der Waals surface area contributed by atoms with Crippen LogP contribution >= 0.6 is 0 Å². The van der Waals surface area contributed by atoms with E-state index in [2.05, 4.69) is 20.6 Å². The molecule has 1 aromatic rings. The molecule has 0 spiro atoms. The van der Waals surface area contributed by atoms with Gasteiger partial charge < -0.3 is 15.7 Å². The molecule has 0 aromatic carbocycles. The van der Waals surface area contributed by atoms with E-state index in [4.69, 9.17) is 0 Å². The Morgan fingerprint density at radius 3 is 2.33 bits per heavy atom. The number of aliphatic hydroxyl groups is 1. The van der Waals surface area contributed by atoms with Crippen LogP contribution in [0.4, 0.5) is 17.3 Å². The first-order valence-electron chi connectivity index (χ1n) is 6.84. The highest BCUT2D eigenvalue weighted by Crippen LogP contribution is 2.33. The zero-order valence-corrected chi connectivity index (χ0v) is 13.1. The Morgan fingerprint density at radius 1 is 1.29 bits per heavy atom. The average molecular weight is 297 g/mol. The van der Waals surface area contributed by atoms with Crippen molar-refractivity contribution < 1.29 is 10.0 Å². The minimum Gasteiger partial charge on any atom is -0.388 e. The van der Waals surface area contributed by atoms with Gasteiger partial charge in [-0.1, -0.05) is 6.92 Å². The molecule has 0 amide bonds. The highest BCUT2D eigenvalue weighted by Gasteiger charge is 2.37. The molecule has 0 unspecified atom stereocenters. The maximum atomic E-state index is 11.3. The molecule has 0 aliphatic carbocycles. The second-order valence-corrected chi connectivity index (χ2v) is 5.91. The van der Waals surface area contributed by atoms with Crippen LogP contribution < -0.4 is 10.6 Å². The Labute approximate surface area is 124 Å². The third-order valence-electron chi connectivity index (χ3n) is 3.51. The van der Waals surface area contributed by atoms with Crippen molar-refractivity contribution in [1.29, 1.82) is 0 Å². The summed E-state index contributed by atoms with van der Waals surface area (Å²) in [4.78, 5) is 18.7. The van der Waals surface area contributed by atoms with Crippen molar-refractivity contribution in [3.63, 3.8) is 0 Å². The van der Waals surface area contributed by atoms with Gasteiger partial charge in [0, 0.05) is 6.54 Å². The fourth-order valence-electron chi connectivity index (χ4n) is 1.46. The first-order chi connectivity index (χ1) is 9.60. The van der Waals surface area contributed by atoms with Gasteiger partial charge in [-0.15, -0.1) is 0 Å². The van der Waals surface area contributed by atoms with E-state index in [-0.39, 0.29) is 17.3 Å². The summed E-state index contributed by atoms with van der Waals surface area (Å²) in [7, 11) is 0. The van der Waals surface area contributed by atoms with Crippen molar-refractivity contribution in [2.45, 2.75) is 52.2 Å². The van der Waals surface area contributed by atoms with Crippen LogP contribution in [0.15, 0.2) is 6.33 Å². The number of nitro groups is 1. The van der Waals surface area contributed by atoms with Gasteiger partial charge in [-0.3, -0.25) is 10.1 Å². The molecule has 0 aliphatic rings. The smallest absolute Gasteiger partial charge is 0.353 e. The lowest BCUT2D eigenvalue weighted by Crippen LogP contribution is -2.51. The van der Waals surface area contributed by atoms with Crippen LogP contribution in [-0.4, -0.2) is 37.7 Å². The largest absolute Gasteiger partial charge is 0.388 e. The number of anilines is 2. The van der Waals surface area contributed by atoms with E-state index < -0.39 is 16.1 Å². The lowest BCUT2D eigenvalue weighted by molar-refractivity contribution is -0.383. The zero-order chi connectivity index (χ0) is 16.3. The third-order valence-corrected chi connectivity index (χ3v) is 3.51. The van der Waals surface area contributed by atoms with Gasteiger partial charge in [-0.25, -0.2) is 9.97 Å². The number of hydrogen-bond acceptors (Lipinski definition) is 7. The number of nitrogens with zero attached hydrogens (tertiary/aromatic N) is 3. The van der Waals surface area contributed by atoms with Crippen LogP contribution in [0, 0.1) is 10.1 Å². The van der Waals surface area contributed by atoms with Crippen LogP contribution in [0.2, 0.25) is 0 Å². The summed E-state index contributed by atoms with van der Waals surface area (Å²) in [5.74, 6) is 0.256. The van der Waals surface area contributed by atoms with Gasteiger partial charge in [0.15, 0.2) is 0 Å². The summed E-state index contributed by atoms with van der Waals surface area (Å²) >= 11 is 0. The van der Waals surface area contributed by atoms with E-state index in [1.165, 1.54) is 6.33 Å². The molecule has 8 heteroatoms. The standard InChI is InChI=1S/C13H23N5O3/c1-6-7-14-10-9(18(20)21)11(16-8-15-10)17-12(2,3)13(4,5)19/h8,19H,6-7H2,1-5H3,(H2,14,15,16,17). The monoisotopic (exact) mass is 297 g/mol. The van der Waals surface area contributed by atoms with Crippen LogP contribution in [0.1, 0.15) is 41.0 Å². The Kier molecular flexibility index (Phi) is 5.06. The van der Waals surface area contributed by atoms with Crippen LogP contribution in [0.3, 0.4) is 0 Å². The van der Waals surface area contributed by atoms with Crippen molar-refractivity contribution in [2.24, 2.45) is 0 Å². The van der Waals surface area contributed by atoms with Gasteiger partial charge in [-0.2, -0.15) is 0 Å². The molecule has 0 fully saturated rings. The molecule has 1 rings (SSSR count). The van der Waals surface area contributed by atoms with Gasteiger partial charge in [0.1, 0.15) is 6.33 Å². The van der Waals surface area contributed by atoms with E-state index in [1.807, 2.05) is 6.92 Å². The molecule has 0 saturated carbocycles. The molecule has 0 bridgehead atoms. The normalized spacial score (nSPS) is 12.1. The number of aromatic nitrogens is 2. The summed E-state index contributed by atoms with van der Waals surface area (Å²) in [6.45, 7) is 9.28. The molecular weight excluding hydrogens is 274 g/mol. The number of rotatable bonds is 7. The molecule has 21 heavy (non-hydrogen) atoms. The van der Waals surface area contributed by atoms with Crippen molar-refractivity contribution in [3.8, 4) is 0 Å². The molecule has 0 saturated heterocycles. The SMILES string of the molecule is CCCNc1ncnc(NC(C)(C)C(C)(C)O)c1[N+](=O)[O-]. The molecule has 0 aliphatic heterocycles. The lowest BCUT2D eigenvalue weighted by atomic mass is 9.86. The first kappa shape index (κ1) is 17.1. The van der Waals surface area contributed by atoms with Gasteiger partial charge in [0.25, 0.3) is 0 Å². The molecule has 0 radical (unpaired) electrons. The predicted molar refractivity (Wildman–Crippen MR) is 81.5 cm³/mol. The number of nitrogens with one attached hydrogen (secondary N) is 2. The Bertz CT molecular complexity index is 511. The summed E-state index contributed by atoms with van der Waals surface area (Å²) in [5, 5.41) is 27.3. The number of hydrogen-bond donors (Lipinski definition) is 3. The molecule has 118 valence electrons. The van der Waals surface area contributed by atoms with E-state index in [0.717, 1.165) is 6.42 Å². The summed E-state index contributed by atoms with van der Waals surface area (Å²) < 4.78 is 0. The van der Waals surface area contributed by atoms with E-state index in [9.17, 15) is 15.2 Å². The highest BCUT2D eigenvalue weighted by molar-refractivity contribution is 5.69. The summed E-state index contributed by atoms with van der Waals surface area (Å²) in [6.07, 6.45) is 2.08. The maximum Gasteiger partial charge on any atom is 0.353 e. The second kappa shape index (κ2) is 6.21. The van der Waals surface area contributed by atoms with Gasteiger partial charge in [0.05, 0.1) is 16.1 Å². The first-order valence-corrected chi connectivity index (χ1v) is 6.84. The van der Waals surface area contributed by atoms with Crippen molar-refractivity contribution in [3.05, 3.63) is 16.4 Å². The predicted octanol–water partition coefficient (Wildman–Crippen LogP) is 2.17. The molecule has 0 atom stereocenters. The fourth-order valence-corrected chi connectivity index (χ4v) is 1.46. The minimum absolute atomic E-state index is 0.0840. The lowest BCUT2D eigenvalue weighted by Gasteiger charge is -2.38. The van der Waals surface area contributed by atoms with Crippen LogP contribution in [0.25, 0.3) is 0 Å². The third kappa shape index (κ3) is 4.01. The Morgan fingerprint density at radius 2 is 1.86 bits per heavy atom. The summed E-state index contributed by atoms with van der Waals surface area (Å²) in [5.41, 5.74) is -2.12. The molecule has 3 N–H and O–H groups in total. The zero-order valence-electron chi connectivity index (χ0n) is 13.1. The quantitative estimate of drug-likeness (QED) is 0.522. The van der Waals surface area contributed by atoms with Crippen molar-refractivity contribution in [1.82, 2.24) is 9.97 Å². The van der Waals surface area contributed by atoms with Gasteiger partial charge >= 0.3 is 5.69 Å². The second-order valence-electron chi connectivity index (χ2n) is 5.91. The Hall–Kier alpha value is -1.96.